The molecule has 3 aromatic rings. The molecule has 25 heavy (non-hydrogen) atoms. The van der Waals surface area contributed by atoms with Crippen LogP contribution in [0.1, 0.15) is 26.3 Å². The third-order valence-corrected chi connectivity index (χ3v) is 4.94. The molecule has 1 aromatic carbocycles. The van der Waals surface area contributed by atoms with Crippen molar-refractivity contribution in [1.29, 1.82) is 0 Å². The summed E-state index contributed by atoms with van der Waals surface area (Å²) in [6, 6.07) is 8.05. The normalized spacial score (nSPS) is 11.0. The Labute approximate surface area is 151 Å². The van der Waals surface area contributed by atoms with Gasteiger partial charge in [0.15, 0.2) is 0 Å². The Morgan fingerprint density at radius 3 is 2.52 bits per heavy atom. The van der Waals surface area contributed by atoms with Gasteiger partial charge in [-0.1, -0.05) is 12.1 Å². The maximum absolute atomic E-state index is 5.82. The first-order chi connectivity index (χ1) is 12.3. The fraction of sp³-hybridized carbons (Fsp3) is 0.368. The van der Waals surface area contributed by atoms with Gasteiger partial charge in [0.2, 0.25) is 5.88 Å². The van der Waals surface area contributed by atoms with Gasteiger partial charge in [-0.15, -0.1) is 11.3 Å². The first kappa shape index (κ1) is 17.6. The predicted octanol–water partition coefficient (Wildman–Crippen LogP) is 4.69. The fourth-order valence-corrected chi connectivity index (χ4v) is 3.90. The van der Waals surface area contributed by atoms with E-state index in [1.807, 2.05) is 39.0 Å². The zero-order chi connectivity index (χ0) is 17.6. The molecule has 5 nitrogen and oxygen atoms in total. The smallest absolute Gasteiger partial charge is 0.234 e. The summed E-state index contributed by atoms with van der Waals surface area (Å²) < 4.78 is 18.2. The minimum absolute atomic E-state index is 0.495. The Hall–Kier alpha value is -2.18. The number of nitrogens with zero attached hydrogens (tertiary/aromatic N) is 2. The highest BCUT2D eigenvalue weighted by Gasteiger charge is 2.21. The van der Waals surface area contributed by atoms with E-state index >= 15 is 0 Å². The van der Waals surface area contributed by atoms with Crippen LogP contribution in [0.25, 0.3) is 20.7 Å². The third-order valence-electron chi connectivity index (χ3n) is 3.70. The lowest BCUT2D eigenvalue weighted by atomic mass is 10.1. The van der Waals surface area contributed by atoms with E-state index in [0.29, 0.717) is 32.3 Å². The highest BCUT2D eigenvalue weighted by molar-refractivity contribution is 7.22. The first-order valence-electron chi connectivity index (χ1n) is 8.49. The second kappa shape index (κ2) is 8.27. The number of fused-ring (bicyclic) bond motifs is 1. The van der Waals surface area contributed by atoms with Gasteiger partial charge in [-0.05, 0) is 32.9 Å². The lowest BCUT2D eigenvalue weighted by Gasteiger charge is -2.10. The van der Waals surface area contributed by atoms with Gasteiger partial charge in [-0.25, -0.2) is 9.97 Å². The Morgan fingerprint density at radius 1 is 0.960 bits per heavy atom. The predicted molar refractivity (Wildman–Crippen MR) is 101 cm³/mol. The third kappa shape index (κ3) is 3.60. The van der Waals surface area contributed by atoms with Crippen LogP contribution < -0.4 is 9.47 Å². The van der Waals surface area contributed by atoms with Crippen LogP contribution in [-0.2, 0) is 11.3 Å². The molecule has 0 atom stereocenters. The van der Waals surface area contributed by atoms with Crippen LogP contribution >= 0.6 is 11.3 Å². The zero-order valence-corrected chi connectivity index (χ0v) is 15.6. The lowest BCUT2D eigenvalue weighted by molar-refractivity contribution is 0.135. The molecule has 6 heteroatoms. The summed E-state index contributed by atoms with van der Waals surface area (Å²) in [5, 5.41) is 0. The molecule has 0 N–H and O–H groups in total. The number of thiophene rings is 1. The summed E-state index contributed by atoms with van der Waals surface area (Å²) in [5.74, 6) is 1.48. The van der Waals surface area contributed by atoms with Gasteiger partial charge < -0.3 is 14.2 Å². The Balaban J connectivity index is 2.21. The zero-order valence-electron chi connectivity index (χ0n) is 14.7. The van der Waals surface area contributed by atoms with Crippen molar-refractivity contribution in [1.82, 2.24) is 9.97 Å². The molecular weight excluding hydrogens is 336 g/mol. The van der Waals surface area contributed by atoms with Crippen molar-refractivity contribution in [2.45, 2.75) is 27.4 Å². The van der Waals surface area contributed by atoms with E-state index < -0.39 is 0 Å². The molecule has 0 saturated carbocycles. The van der Waals surface area contributed by atoms with Crippen LogP contribution in [0, 0.1) is 0 Å². The van der Waals surface area contributed by atoms with E-state index in [9.17, 15) is 0 Å². The van der Waals surface area contributed by atoms with Gasteiger partial charge in [0.25, 0.3) is 0 Å². The molecule has 0 fully saturated rings. The van der Waals surface area contributed by atoms with Crippen molar-refractivity contribution >= 4 is 21.6 Å². The highest BCUT2D eigenvalue weighted by Crippen LogP contribution is 2.44. The second-order valence-electron chi connectivity index (χ2n) is 5.27. The largest absolute Gasteiger partial charge is 0.493 e. The SMILES string of the molecule is CCOCc1c(-c2ccccc2OCC)sc2c(OCC)ncnc12. The van der Waals surface area contributed by atoms with Crippen molar-refractivity contribution < 1.29 is 14.2 Å². The number of hydrogen-bond donors (Lipinski definition) is 0. The minimum Gasteiger partial charge on any atom is -0.493 e. The Morgan fingerprint density at radius 2 is 1.76 bits per heavy atom. The van der Waals surface area contributed by atoms with Crippen LogP contribution in [0.4, 0.5) is 0 Å². The molecule has 0 aliphatic rings. The standard InChI is InChI=1S/C19H22N2O3S/c1-4-22-11-14-16-18(19(24-6-3)21-12-20-16)25-17(14)13-9-7-8-10-15(13)23-5-2/h7-10,12H,4-6,11H2,1-3H3. The van der Waals surface area contributed by atoms with E-state index in [4.69, 9.17) is 14.2 Å². The van der Waals surface area contributed by atoms with Crippen LogP contribution in [0.15, 0.2) is 30.6 Å². The quantitative estimate of drug-likeness (QED) is 0.584. The molecule has 132 valence electrons. The number of hydrogen-bond acceptors (Lipinski definition) is 6. The maximum Gasteiger partial charge on any atom is 0.234 e. The number of ether oxygens (including phenoxy) is 3. The molecule has 0 aliphatic heterocycles. The van der Waals surface area contributed by atoms with Gasteiger partial charge in [-0.3, -0.25) is 0 Å². The van der Waals surface area contributed by atoms with Crippen LogP contribution in [0.2, 0.25) is 0 Å². The molecule has 0 aliphatic carbocycles. The van der Waals surface area contributed by atoms with Crippen molar-refractivity contribution in [2.75, 3.05) is 19.8 Å². The molecule has 0 saturated heterocycles. The molecule has 3 rings (SSSR count). The van der Waals surface area contributed by atoms with Gasteiger partial charge in [0, 0.05) is 22.6 Å². The highest BCUT2D eigenvalue weighted by atomic mass is 32.1. The average molecular weight is 358 g/mol. The van der Waals surface area contributed by atoms with E-state index in [2.05, 4.69) is 16.0 Å². The summed E-state index contributed by atoms with van der Waals surface area (Å²) in [4.78, 5) is 9.88. The van der Waals surface area contributed by atoms with Crippen LogP contribution in [0.5, 0.6) is 11.6 Å². The van der Waals surface area contributed by atoms with Crippen molar-refractivity contribution in [2.24, 2.45) is 0 Å². The number of aromatic nitrogens is 2. The molecule has 0 bridgehead atoms. The number of para-hydroxylation sites is 1. The van der Waals surface area contributed by atoms with Crippen molar-refractivity contribution in [3.05, 3.63) is 36.2 Å². The van der Waals surface area contributed by atoms with Crippen molar-refractivity contribution in [3.8, 4) is 22.1 Å². The molecule has 0 unspecified atom stereocenters. The average Bonchev–Trinajstić information content (AvgIpc) is 3.00. The van der Waals surface area contributed by atoms with E-state index in [0.717, 1.165) is 32.0 Å². The molecular formula is C19H22N2O3S. The molecule has 0 radical (unpaired) electrons. The van der Waals surface area contributed by atoms with Gasteiger partial charge in [0.05, 0.1) is 25.3 Å². The molecule has 2 heterocycles. The Bertz CT molecular complexity index is 848. The van der Waals surface area contributed by atoms with Gasteiger partial charge >= 0.3 is 0 Å². The molecule has 0 amide bonds. The lowest BCUT2D eigenvalue weighted by Crippen LogP contribution is -1.97. The van der Waals surface area contributed by atoms with E-state index in [1.54, 1.807) is 17.7 Å². The number of rotatable bonds is 8. The monoisotopic (exact) mass is 358 g/mol. The molecule has 0 spiro atoms. The minimum atomic E-state index is 0.495. The second-order valence-corrected chi connectivity index (χ2v) is 6.29. The van der Waals surface area contributed by atoms with Gasteiger partial charge in [0.1, 0.15) is 16.8 Å². The summed E-state index contributed by atoms with van der Waals surface area (Å²) in [5.41, 5.74) is 2.99. The Kier molecular flexibility index (Phi) is 5.83. The fourth-order valence-electron chi connectivity index (χ4n) is 2.67. The maximum atomic E-state index is 5.82. The summed E-state index contributed by atoms with van der Waals surface area (Å²) in [7, 11) is 0. The van der Waals surface area contributed by atoms with Crippen molar-refractivity contribution in [3.63, 3.8) is 0 Å². The van der Waals surface area contributed by atoms with E-state index in [-0.39, 0.29) is 0 Å². The summed E-state index contributed by atoms with van der Waals surface area (Å²) in [6.45, 7) is 8.25. The topological polar surface area (TPSA) is 53.5 Å². The van der Waals surface area contributed by atoms with E-state index in [1.165, 1.54) is 0 Å². The van der Waals surface area contributed by atoms with Crippen LogP contribution in [0.3, 0.4) is 0 Å². The molecule has 2 aromatic heterocycles. The summed E-state index contributed by atoms with van der Waals surface area (Å²) >= 11 is 1.62. The first-order valence-corrected chi connectivity index (χ1v) is 9.30. The van der Waals surface area contributed by atoms with Gasteiger partial charge in [-0.2, -0.15) is 0 Å². The summed E-state index contributed by atoms with van der Waals surface area (Å²) in [6.07, 6.45) is 1.55. The van der Waals surface area contributed by atoms with Crippen LogP contribution in [-0.4, -0.2) is 29.8 Å². The number of benzene rings is 1.